The summed E-state index contributed by atoms with van der Waals surface area (Å²) in [6.45, 7) is 4.07. The minimum absolute atomic E-state index is 0. The molecule has 0 aromatic carbocycles. The lowest BCUT2D eigenvalue weighted by molar-refractivity contribution is 0.554. The Labute approximate surface area is 108 Å². The summed E-state index contributed by atoms with van der Waals surface area (Å²) in [6.07, 6.45) is 1.36. The molecule has 0 fully saturated rings. The van der Waals surface area contributed by atoms with E-state index in [1.54, 1.807) is 19.2 Å². The zero-order chi connectivity index (χ0) is 12.2. The maximum atomic E-state index is 11.8. The van der Waals surface area contributed by atoms with Gasteiger partial charge in [0.25, 0.3) is 0 Å². The molecule has 1 rings (SSSR count). The van der Waals surface area contributed by atoms with E-state index in [9.17, 15) is 8.42 Å². The molecular formula is C10H18ClN3O2S. The minimum Gasteiger partial charge on any atom is -0.316 e. The van der Waals surface area contributed by atoms with Gasteiger partial charge in [0.1, 0.15) is 4.90 Å². The second-order valence-electron chi connectivity index (χ2n) is 3.68. The van der Waals surface area contributed by atoms with Crippen LogP contribution in [0.25, 0.3) is 0 Å². The van der Waals surface area contributed by atoms with Crippen molar-refractivity contribution in [2.45, 2.75) is 24.8 Å². The van der Waals surface area contributed by atoms with Crippen LogP contribution in [0.1, 0.15) is 12.6 Å². The summed E-state index contributed by atoms with van der Waals surface area (Å²) < 4.78 is 26.1. The highest BCUT2D eigenvalue weighted by atomic mass is 35.5. The third-order valence-corrected chi connectivity index (χ3v) is 3.68. The lowest BCUT2D eigenvalue weighted by Gasteiger charge is -2.11. The van der Waals surface area contributed by atoms with Crippen molar-refractivity contribution < 1.29 is 8.42 Å². The van der Waals surface area contributed by atoms with Crippen LogP contribution in [0.3, 0.4) is 0 Å². The molecule has 17 heavy (non-hydrogen) atoms. The van der Waals surface area contributed by atoms with Gasteiger partial charge in [-0.05, 0) is 33.0 Å². The van der Waals surface area contributed by atoms with Gasteiger partial charge in [-0.1, -0.05) is 0 Å². The summed E-state index contributed by atoms with van der Waals surface area (Å²) in [5, 5.41) is 2.96. The Morgan fingerprint density at radius 1 is 1.41 bits per heavy atom. The molecule has 2 N–H and O–H groups in total. The molecule has 0 saturated heterocycles. The fourth-order valence-corrected chi connectivity index (χ4v) is 2.11. The number of halogens is 1. The van der Waals surface area contributed by atoms with E-state index >= 15 is 0 Å². The number of hydrogen-bond acceptors (Lipinski definition) is 4. The summed E-state index contributed by atoms with van der Waals surface area (Å²) in [6, 6.07) is 3.32. The molecule has 0 aliphatic heterocycles. The quantitative estimate of drug-likeness (QED) is 0.832. The average Bonchev–Trinajstić information content (AvgIpc) is 2.26. The molecule has 0 bridgehead atoms. The molecule has 1 heterocycles. The zero-order valence-electron chi connectivity index (χ0n) is 10.1. The van der Waals surface area contributed by atoms with Crippen molar-refractivity contribution in [2.75, 3.05) is 13.6 Å². The van der Waals surface area contributed by atoms with Gasteiger partial charge in [-0.2, -0.15) is 0 Å². The monoisotopic (exact) mass is 279 g/mol. The van der Waals surface area contributed by atoms with Crippen LogP contribution >= 0.6 is 12.4 Å². The number of aromatic nitrogens is 1. The number of pyridine rings is 1. The fourth-order valence-electron chi connectivity index (χ4n) is 1.03. The van der Waals surface area contributed by atoms with Crippen molar-refractivity contribution in [3.8, 4) is 0 Å². The van der Waals surface area contributed by atoms with Crippen LogP contribution in [0.2, 0.25) is 0 Å². The van der Waals surface area contributed by atoms with Crippen molar-refractivity contribution >= 4 is 22.4 Å². The fraction of sp³-hybridized carbons (Fsp3) is 0.500. The Balaban J connectivity index is 0.00000256. The number of rotatable bonds is 5. The third-order valence-electron chi connectivity index (χ3n) is 2.27. The van der Waals surface area contributed by atoms with Crippen molar-refractivity contribution in [3.63, 3.8) is 0 Å². The highest BCUT2D eigenvalue weighted by Gasteiger charge is 2.14. The molecule has 0 radical (unpaired) electrons. The third kappa shape index (κ3) is 4.99. The zero-order valence-corrected chi connectivity index (χ0v) is 11.7. The first-order chi connectivity index (χ1) is 7.45. The number of likely N-dealkylation sites (N-methyl/N-ethyl adjacent to an activating group) is 1. The largest absolute Gasteiger partial charge is 0.316 e. The topological polar surface area (TPSA) is 71.1 Å². The molecule has 7 heteroatoms. The van der Waals surface area contributed by atoms with Crippen LogP contribution in [-0.2, 0) is 10.0 Å². The summed E-state index contributed by atoms with van der Waals surface area (Å²) in [7, 11) is -1.65. The molecule has 5 nitrogen and oxygen atoms in total. The van der Waals surface area contributed by atoms with Crippen molar-refractivity contribution in [1.82, 2.24) is 15.0 Å². The Morgan fingerprint density at radius 3 is 2.53 bits per heavy atom. The van der Waals surface area contributed by atoms with E-state index in [0.29, 0.717) is 6.54 Å². The van der Waals surface area contributed by atoms with Gasteiger partial charge in [-0.3, -0.25) is 4.98 Å². The Morgan fingerprint density at radius 2 is 2.06 bits per heavy atom. The Kier molecular flexibility index (Phi) is 6.62. The molecular weight excluding hydrogens is 262 g/mol. The maximum absolute atomic E-state index is 11.8. The molecule has 0 spiro atoms. The van der Waals surface area contributed by atoms with Gasteiger partial charge >= 0.3 is 0 Å². The first-order valence-electron chi connectivity index (χ1n) is 5.05. The number of nitrogens with one attached hydrogen (secondary N) is 2. The van der Waals surface area contributed by atoms with Gasteiger partial charge in [-0.25, -0.2) is 13.1 Å². The number of sulfonamides is 1. The van der Waals surface area contributed by atoms with Gasteiger partial charge in [0, 0.05) is 24.5 Å². The number of aryl methyl sites for hydroxylation is 1. The number of hydrogen-bond donors (Lipinski definition) is 2. The van der Waals surface area contributed by atoms with Crippen LogP contribution in [-0.4, -0.2) is 33.0 Å². The Hall–Kier alpha value is -0.690. The van der Waals surface area contributed by atoms with Crippen LogP contribution in [0, 0.1) is 6.92 Å². The van der Waals surface area contributed by atoms with Crippen molar-refractivity contribution in [2.24, 2.45) is 0 Å². The normalized spacial score (nSPS) is 12.9. The smallest absolute Gasteiger partial charge is 0.242 e. The summed E-state index contributed by atoms with van der Waals surface area (Å²) >= 11 is 0. The predicted octanol–water partition coefficient (Wildman–Crippen LogP) is 0.698. The average molecular weight is 280 g/mol. The highest BCUT2D eigenvalue weighted by molar-refractivity contribution is 7.89. The van der Waals surface area contributed by atoms with Gasteiger partial charge in [0.15, 0.2) is 0 Å². The lowest BCUT2D eigenvalue weighted by atomic mass is 10.4. The predicted molar refractivity (Wildman–Crippen MR) is 69.9 cm³/mol. The second-order valence-corrected chi connectivity index (χ2v) is 5.44. The molecule has 98 valence electrons. The van der Waals surface area contributed by atoms with Crippen molar-refractivity contribution in [1.29, 1.82) is 0 Å². The van der Waals surface area contributed by atoms with E-state index in [0.717, 1.165) is 5.69 Å². The molecule has 1 unspecified atom stereocenters. The highest BCUT2D eigenvalue weighted by Crippen LogP contribution is 2.06. The molecule has 1 aromatic heterocycles. The SMILES string of the molecule is CNC(C)CNS(=O)(=O)c1ccc(C)nc1.Cl. The van der Waals surface area contributed by atoms with E-state index in [1.807, 2.05) is 13.8 Å². The van der Waals surface area contributed by atoms with Gasteiger partial charge in [-0.15, -0.1) is 12.4 Å². The summed E-state index contributed by atoms with van der Waals surface area (Å²) in [4.78, 5) is 4.15. The van der Waals surface area contributed by atoms with Gasteiger partial charge in [0.2, 0.25) is 10.0 Å². The van der Waals surface area contributed by atoms with Crippen LogP contribution in [0.5, 0.6) is 0 Å². The first-order valence-corrected chi connectivity index (χ1v) is 6.53. The molecule has 0 aliphatic rings. The van der Waals surface area contributed by atoms with Gasteiger partial charge in [0.05, 0.1) is 0 Å². The molecule has 0 aliphatic carbocycles. The lowest BCUT2D eigenvalue weighted by Crippen LogP contribution is -2.37. The van der Waals surface area contributed by atoms with E-state index in [1.165, 1.54) is 6.20 Å². The molecule has 1 aromatic rings. The maximum Gasteiger partial charge on any atom is 0.242 e. The van der Waals surface area contributed by atoms with Gasteiger partial charge < -0.3 is 5.32 Å². The van der Waals surface area contributed by atoms with Crippen LogP contribution in [0.4, 0.5) is 0 Å². The summed E-state index contributed by atoms with van der Waals surface area (Å²) in [5.74, 6) is 0. The standard InChI is InChI=1S/C10H17N3O2S.ClH/c1-8-4-5-10(7-12-8)16(14,15)13-6-9(2)11-3;/h4-5,7,9,11,13H,6H2,1-3H3;1H. The van der Waals surface area contributed by atoms with Crippen molar-refractivity contribution in [3.05, 3.63) is 24.0 Å². The van der Waals surface area contributed by atoms with E-state index in [4.69, 9.17) is 0 Å². The summed E-state index contributed by atoms with van der Waals surface area (Å²) in [5.41, 5.74) is 0.794. The molecule has 0 amide bonds. The van der Waals surface area contributed by atoms with Crippen LogP contribution < -0.4 is 10.0 Å². The molecule has 1 atom stereocenters. The first kappa shape index (κ1) is 16.3. The van der Waals surface area contributed by atoms with E-state index < -0.39 is 10.0 Å². The second kappa shape index (κ2) is 6.90. The van der Waals surface area contributed by atoms with E-state index in [-0.39, 0.29) is 23.3 Å². The Bertz CT molecular complexity index is 433. The minimum atomic E-state index is -3.43. The van der Waals surface area contributed by atoms with E-state index in [2.05, 4.69) is 15.0 Å². The van der Waals surface area contributed by atoms with Crippen LogP contribution in [0.15, 0.2) is 23.2 Å². The number of nitrogens with zero attached hydrogens (tertiary/aromatic N) is 1. The molecule has 0 saturated carbocycles.